The highest BCUT2D eigenvalue weighted by molar-refractivity contribution is 6.21. The third kappa shape index (κ3) is 3.53. The first-order valence-corrected chi connectivity index (χ1v) is 15.4. The van der Waals surface area contributed by atoms with Gasteiger partial charge in [0.15, 0.2) is 0 Å². The summed E-state index contributed by atoms with van der Waals surface area (Å²) in [5.74, 6) is 1.02. The van der Waals surface area contributed by atoms with Crippen LogP contribution in [0, 0.1) is 0 Å². The summed E-state index contributed by atoms with van der Waals surface area (Å²) >= 11 is 0. The van der Waals surface area contributed by atoms with Crippen LogP contribution in [0.2, 0.25) is 0 Å². The van der Waals surface area contributed by atoms with E-state index in [2.05, 4.69) is 159 Å². The van der Waals surface area contributed by atoms with E-state index in [0.29, 0.717) is 0 Å². The standard InChI is InChI=1S/C43H30O/c1-43(2)37-19-11-10-18-35(37)42-41(43)36-25-24-30(26-38(36)44-42)40-33-16-8-6-14-31(33)39(32-15-7-9-17-34(32)40)29-22-20-28(21-23-29)27-12-4-3-5-13-27/h3-26H,1-2H3. The summed E-state index contributed by atoms with van der Waals surface area (Å²) in [6, 6.07) is 52.8. The smallest absolute Gasteiger partial charge is 0.139 e. The summed E-state index contributed by atoms with van der Waals surface area (Å²) in [7, 11) is 0. The molecule has 1 heterocycles. The molecule has 0 spiro atoms. The Kier molecular flexibility index (Phi) is 5.31. The van der Waals surface area contributed by atoms with Crippen LogP contribution in [-0.2, 0) is 5.41 Å². The van der Waals surface area contributed by atoms with Gasteiger partial charge in [0.1, 0.15) is 11.3 Å². The summed E-state index contributed by atoms with van der Waals surface area (Å²) in [6.07, 6.45) is 0. The first-order valence-electron chi connectivity index (χ1n) is 15.4. The summed E-state index contributed by atoms with van der Waals surface area (Å²) in [5.41, 5.74) is 12.1. The Balaban J connectivity index is 1.26. The lowest BCUT2D eigenvalue weighted by Gasteiger charge is -2.21. The molecule has 0 bridgehead atoms. The van der Waals surface area contributed by atoms with Crippen molar-refractivity contribution in [2.45, 2.75) is 19.3 Å². The molecular weight excluding hydrogens is 532 g/mol. The molecule has 9 rings (SSSR count). The van der Waals surface area contributed by atoms with Crippen LogP contribution in [0.3, 0.4) is 0 Å². The molecule has 0 amide bonds. The molecule has 1 aromatic heterocycles. The number of furan rings is 1. The number of rotatable bonds is 3. The van der Waals surface area contributed by atoms with Gasteiger partial charge in [-0.25, -0.2) is 0 Å². The normalized spacial score (nSPS) is 13.4. The van der Waals surface area contributed by atoms with E-state index in [1.54, 1.807) is 0 Å². The number of hydrogen-bond acceptors (Lipinski definition) is 1. The van der Waals surface area contributed by atoms with Crippen molar-refractivity contribution < 1.29 is 4.42 Å². The topological polar surface area (TPSA) is 13.1 Å². The van der Waals surface area contributed by atoms with Gasteiger partial charge in [-0.15, -0.1) is 0 Å². The second kappa shape index (κ2) is 9.30. The highest BCUT2D eigenvalue weighted by atomic mass is 16.3. The van der Waals surface area contributed by atoms with Crippen LogP contribution in [0.5, 0.6) is 0 Å². The zero-order chi connectivity index (χ0) is 29.4. The lowest BCUT2D eigenvalue weighted by Crippen LogP contribution is -2.14. The van der Waals surface area contributed by atoms with E-state index >= 15 is 0 Å². The molecule has 0 aliphatic heterocycles. The second-order valence-corrected chi connectivity index (χ2v) is 12.5. The van der Waals surface area contributed by atoms with Gasteiger partial charge < -0.3 is 4.42 Å². The maximum Gasteiger partial charge on any atom is 0.139 e. The Morgan fingerprint density at radius 2 is 0.932 bits per heavy atom. The van der Waals surface area contributed by atoms with E-state index in [1.807, 2.05) is 0 Å². The van der Waals surface area contributed by atoms with Crippen LogP contribution in [0.1, 0.15) is 25.0 Å². The molecule has 208 valence electrons. The largest absolute Gasteiger partial charge is 0.456 e. The summed E-state index contributed by atoms with van der Waals surface area (Å²) in [5, 5.41) is 6.21. The van der Waals surface area contributed by atoms with Gasteiger partial charge in [0.25, 0.3) is 0 Å². The van der Waals surface area contributed by atoms with Gasteiger partial charge in [0.05, 0.1) is 0 Å². The van der Waals surface area contributed by atoms with Gasteiger partial charge in [-0.2, -0.15) is 0 Å². The predicted octanol–water partition coefficient (Wildman–Crippen LogP) is 12.0. The van der Waals surface area contributed by atoms with Gasteiger partial charge in [0, 0.05) is 21.9 Å². The number of fused-ring (bicyclic) bond motifs is 7. The van der Waals surface area contributed by atoms with Crippen molar-refractivity contribution in [1.29, 1.82) is 0 Å². The fourth-order valence-corrected chi connectivity index (χ4v) is 7.63. The van der Waals surface area contributed by atoms with Crippen LogP contribution < -0.4 is 0 Å². The van der Waals surface area contributed by atoms with Gasteiger partial charge in [-0.05, 0) is 66.6 Å². The number of benzene rings is 7. The van der Waals surface area contributed by atoms with Crippen LogP contribution >= 0.6 is 0 Å². The molecule has 0 unspecified atom stereocenters. The van der Waals surface area contributed by atoms with Crippen molar-refractivity contribution in [2.75, 3.05) is 0 Å². The fourth-order valence-electron chi connectivity index (χ4n) is 7.63. The highest BCUT2D eigenvalue weighted by Gasteiger charge is 2.40. The summed E-state index contributed by atoms with van der Waals surface area (Å²) < 4.78 is 6.70. The second-order valence-electron chi connectivity index (χ2n) is 12.5. The monoisotopic (exact) mass is 562 g/mol. The molecule has 0 saturated carbocycles. The van der Waals surface area contributed by atoms with Crippen LogP contribution in [0.4, 0.5) is 0 Å². The van der Waals surface area contributed by atoms with E-state index in [4.69, 9.17) is 4.42 Å². The maximum atomic E-state index is 6.70. The fraction of sp³-hybridized carbons (Fsp3) is 0.0698. The predicted molar refractivity (Wildman–Crippen MR) is 185 cm³/mol. The Bertz CT molecular complexity index is 2330. The molecule has 0 saturated heterocycles. The zero-order valence-corrected chi connectivity index (χ0v) is 24.8. The van der Waals surface area contributed by atoms with Crippen molar-refractivity contribution in [2.24, 2.45) is 0 Å². The Morgan fingerprint density at radius 3 is 1.59 bits per heavy atom. The first kappa shape index (κ1) is 25.1. The van der Waals surface area contributed by atoms with E-state index in [-0.39, 0.29) is 5.41 Å². The molecule has 8 aromatic rings. The highest BCUT2D eigenvalue weighted by Crippen LogP contribution is 2.53. The minimum absolute atomic E-state index is 0.101. The molecule has 1 aliphatic rings. The molecule has 7 aromatic carbocycles. The zero-order valence-electron chi connectivity index (χ0n) is 24.8. The van der Waals surface area contributed by atoms with Crippen molar-refractivity contribution in [3.63, 3.8) is 0 Å². The molecule has 44 heavy (non-hydrogen) atoms. The van der Waals surface area contributed by atoms with Crippen molar-refractivity contribution >= 4 is 32.5 Å². The third-order valence-electron chi connectivity index (χ3n) is 9.66. The van der Waals surface area contributed by atoms with Crippen LogP contribution in [-0.4, -0.2) is 0 Å². The number of hydrogen-bond donors (Lipinski definition) is 0. The molecule has 0 atom stereocenters. The Morgan fingerprint density at radius 1 is 0.432 bits per heavy atom. The molecular formula is C43H30O. The lowest BCUT2D eigenvalue weighted by molar-refractivity contribution is 0.619. The van der Waals surface area contributed by atoms with Crippen LogP contribution in [0.25, 0.3) is 77.2 Å². The van der Waals surface area contributed by atoms with Crippen molar-refractivity contribution in [3.05, 3.63) is 157 Å². The van der Waals surface area contributed by atoms with E-state index in [1.165, 1.54) is 77.0 Å². The Hall–Kier alpha value is -5.40. The van der Waals surface area contributed by atoms with Gasteiger partial charge in [-0.3, -0.25) is 0 Å². The average molecular weight is 563 g/mol. The first-order chi connectivity index (χ1) is 21.6. The lowest BCUT2D eigenvalue weighted by atomic mass is 9.81. The summed E-state index contributed by atoms with van der Waals surface area (Å²) in [6.45, 7) is 4.62. The minimum Gasteiger partial charge on any atom is -0.456 e. The van der Waals surface area contributed by atoms with Gasteiger partial charge in [0.2, 0.25) is 0 Å². The molecule has 0 N–H and O–H groups in total. The summed E-state index contributed by atoms with van der Waals surface area (Å²) in [4.78, 5) is 0. The van der Waals surface area contributed by atoms with Crippen molar-refractivity contribution in [1.82, 2.24) is 0 Å². The van der Waals surface area contributed by atoms with E-state index < -0.39 is 0 Å². The van der Waals surface area contributed by atoms with E-state index in [9.17, 15) is 0 Å². The molecule has 0 fully saturated rings. The van der Waals surface area contributed by atoms with Gasteiger partial charge in [-0.1, -0.05) is 153 Å². The quantitative estimate of drug-likeness (QED) is 0.195. The molecule has 1 aliphatic carbocycles. The maximum absolute atomic E-state index is 6.70. The molecule has 0 radical (unpaired) electrons. The molecule has 1 heteroatoms. The average Bonchev–Trinajstić information content (AvgIpc) is 3.57. The SMILES string of the molecule is CC1(C)c2ccccc2-c2oc3cc(-c4c5ccccc5c(-c5ccc(-c6ccccc6)cc5)c5ccccc45)ccc3c21. The van der Waals surface area contributed by atoms with E-state index in [0.717, 1.165) is 11.3 Å². The molecule has 1 nitrogen and oxygen atoms in total. The van der Waals surface area contributed by atoms with Crippen LogP contribution in [0.15, 0.2) is 150 Å². The van der Waals surface area contributed by atoms with Gasteiger partial charge >= 0.3 is 0 Å². The third-order valence-corrected chi connectivity index (χ3v) is 9.66. The minimum atomic E-state index is -0.101. The Labute approximate surface area is 257 Å². The van der Waals surface area contributed by atoms with Crippen molar-refractivity contribution in [3.8, 4) is 44.7 Å².